The summed E-state index contributed by atoms with van der Waals surface area (Å²) >= 11 is 0. The van der Waals surface area contributed by atoms with Crippen molar-refractivity contribution >= 4 is 5.91 Å². The number of carbonyl (C=O) groups excluding carboxylic acids is 1. The van der Waals surface area contributed by atoms with Gasteiger partial charge < -0.3 is 10.6 Å². The van der Waals surface area contributed by atoms with Gasteiger partial charge in [0.25, 0.3) is 0 Å². The maximum atomic E-state index is 12.6. The lowest BCUT2D eigenvalue weighted by atomic mass is 9.84. The first-order valence-corrected chi connectivity index (χ1v) is 7.82. The number of hydrogen-bond donors (Lipinski definition) is 1. The van der Waals surface area contributed by atoms with Crippen molar-refractivity contribution in [1.29, 1.82) is 0 Å². The molecular weight excluding hydrogens is 236 g/mol. The standard InChI is InChI=1S/C16H32N2O/c1-16(2,3)11-13(12-17)15(19)18(4)14-9-7-5-6-8-10-14/h13-14H,5-12,17H2,1-4H3. The molecule has 1 unspecified atom stereocenters. The van der Waals surface area contributed by atoms with Crippen LogP contribution in [0.4, 0.5) is 0 Å². The highest BCUT2D eigenvalue weighted by atomic mass is 16.2. The summed E-state index contributed by atoms with van der Waals surface area (Å²) < 4.78 is 0. The maximum Gasteiger partial charge on any atom is 0.226 e. The third kappa shape index (κ3) is 5.52. The van der Waals surface area contributed by atoms with Crippen LogP contribution in [0.5, 0.6) is 0 Å². The van der Waals surface area contributed by atoms with Crippen LogP contribution >= 0.6 is 0 Å². The minimum Gasteiger partial charge on any atom is -0.342 e. The fraction of sp³-hybridized carbons (Fsp3) is 0.938. The van der Waals surface area contributed by atoms with Gasteiger partial charge in [-0.25, -0.2) is 0 Å². The van der Waals surface area contributed by atoms with E-state index in [1.807, 2.05) is 11.9 Å². The number of amides is 1. The normalized spacial score (nSPS) is 19.8. The van der Waals surface area contributed by atoms with E-state index in [9.17, 15) is 4.79 Å². The lowest BCUT2D eigenvalue weighted by molar-refractivity contribution is -0.137. The van der Waals surface area contributed by atoms with Gasteiger partial charge in [0.1, 0.15) is 0 Å². The Kier molecular flexibility index (Phi) is 6.31. The molecule has 0 radical (unpaired) electrons. The van der Waals surface area contributed by atoms with Crippen molar-refractivity contribution in [2.24, 2.45) is 17.1 Å². The Morgan fingerprint density at radius 1 is 1.21 bits per heavy atom. The third-order valence-electron chi connectivity index (χ3n) is 4.21. The van der Waals surface area contributed by atoms with E-state index in [2.05, 4.69) is 20.8 Å². The van der Waals surface area contributed by atoms with Crippen molar-refractivity contribution < 1.29 is 4.79 Å². The van der Waals surface area contributed by atoms with Crippen LogP contribution in [0, 0.1) is 11.3 Å². The second-order valence-electron chi connectivity index (χ2n) is 7.29. The molecule has 19 heavy (non-hydrogen) atoms. The van der Waals surface area contributed by atoms with Crippen LogP contribution in [-0.2, 0) is 4.79 Å². The molecule has 1 aliphatic rings. The fourth-order valence-corrected chi connectivity index (χ4v) is 3.12. The highest BCUT2D eigenvalue weighted by molar-refractivity contribution is 5.79. The Balaban J connectivity index is 2.62. The minimum atomic E-state index is -0.0201. The number of carbonyl (C=O) groups is 1. The van der Waals surface area contributed by atoms with Crippen LogP contribution < -0.4 is 5.73 Å². The first-order valence-electron chi connectivity index (χ1n) is 7.82. The lowest BCUT2D eigenvalue weighted by Crippen LogP contribution is -2.43. The predicted octanol–water partition coefficient (Wildman–Crippen LogP) is 3.18. The van der Waals surface area contributed by atoms with E-state index in [1.165, 1.54) is 25.7 Å². The number of nitrogens with two attached hydrogens (primary N) is 1. The molecule has 0 saturated heterocycles. The van der Waals surface area contributed by atoms with Crippen molar-refractivity contribution in [3.63, 3.8) is 0 Å². The molecule has 2 N–H and O–H groups in total. The summed E-state index contributed by atoms with van der Waals surface area (Å²) in [7, 11) is 1.98. The number of nitrogens with zero attached hydrogens (tertiary/aromatic N) is 1. The summed E-state index contributed by atoms with van der Waals surface area (Å²) in [5.41, 5.74) is 5.99. The molecule has 1 atom stereocenters. The van der Waals surface area contributed by atoms with Crippen molar-refractivity contribution in [1.82, 2.24) is 4.90 Å². The van der Waals surface area contributed by atoms with Crippen LogP contribution in [0.1, 0.15) is 65.7 Å². The van der Waals surface area contributed by atoms with Gasteiger partial charge in [0, 0.05) is 19.6 Å². The molecule has 0 aliphatic heterocycles. The van der Waals surface area contributed by atoms with Crippen LogP contribution in [0.15, 0.2) is 0 Å². The van der Waals surface area contributed by atoms with Crippen molar-refractivity contribution in [2.75, 3.05) is 13.6 Å². The van der Waals surface area contributed by atoms with E-state index in [0.717, 1.165) is 19.3 Å². The summed E-state index contributed by atoms with van der Waals surface area (Å²) in [6.45, 7) is 6.99. The summed E-state index contributed by atoms with van der Waals surface area (Å²) in [6.07, 6.45) is 8.36. The molecule has 0 aromatic heterocycles. The zero-order chi connectivity index (χ0) is 14.5. The molecule has 1 fully saturated rings. The van der Waals surface area contributed by atoms with E-state index in [1.54, 1.807) is 0 Å². The van der Waals surface area contributed by atoms with Crippen LogP contribution in [0.3, 0.4) is 0 Å². The van der Waals surface area contributed by atoms with E-state index in [0.29, 0.717) is 12.6 Å². The smallest absolute Gasteiger partial charge is 0.226 e. The molecule has 0 spiro atoms. The number of rotatable bonds is 4. The van der Waals surface area contributed by atoms with Crippen molar-refractivity contribution in [3.05, 3.63) is 0 Å². The molecule has 112 valence electrons. The van der Waals surface area contributed by atoms with Crippen molar-refractivity contribution in [2.45, 2.75) is 71.8 Å². The van der Waals surface area contributed by atoms with Gasteiger partial charge in [0.05, 0.1) is 5.92 Å². The first kappa shape index (κ1) is 16.5. The quantitative estimate of drug-likeness (QED) is 0.796. The largest absolute Gasteiger partial charge is 0.342 e. The molecule has 3 heteroatoms. The van der Waals surface area contributed by atoms with Gasteiger partial charge in [0.2, 0.25) is 5.91 Å². The molecular formula is C16H32N2O. The van der Waals surface area contributed by atoms with Gasteiger partial charge in [-0.1, -0.05) is 46.5 Å². The van der Waals surface area contributed by atoms with E-state index in [-0.39, 0.29) is 17.2 Å². The third-order valence-corrected chi connectivity index (χ3v) is 4.21. The summed E-state index contributed by atoms with van der Waals surface area (Å²) in [6, 6.07) is 0.434. The predicted molar refractivity (Wildman–Crippen MR) is 80.9 cm³/mol. The fourth-order valence-electron chi connectivity index (χ4n) is 3.12. The molecule has 0 bridgehead atoms. The highest BCUT2D eigenvalue weighted by Gasteiger charge is 2.29. The highest BCUT2D eigenvalue weighted by Crippen LogP contribution is 2.27. The average Bonchev–Trinajstić information content (AvgIpc) is 2.61. The van der Waals surface area contributed by atoms with E-state index < -0.39 is 0 Å². The zero-order valence-corrected chi connectivity index (χ0v) is 13.2. The SMILES string of the molecule is CN(C(=O)C(CN)CC(C)(C)C)C1CCCCCC1. The molecule has 0 aromatic rings. The monoisotopic (exact) mass is 268 g/mol. The Bertz CT molecular complexity index is 275. The average molecular weight is 268 g/mol. The van der Waals surface area contributed by atoms with Crippen molar-refractivity contribution in [3.8, 4) is 0 Å². The van der Waals surface area contributed by atoms with E-state index >= 15 is 0 Å². The van der Waals surface area contributed by atoms with Gasteiger partial charge in [-0.2, -0.15) is 0 Å². The van der Waals surface area contributed by atoms with Crippen LogP contribution in [0.25, 0.3) is 0 Å². The van der Waals surface area contributed by atoms with E-state index in [4.69, 9.17) is 5.73 Å². The Morgan fingerprint density at radius 2 is 1.74 bits per heavy atom. The summed E-state index contributed by atoms with van der Waals surface area (Å²) in [5, 5.41) is 0. The second-order valence-corrected chi connectivity index (χ2v) is 7.29. The van der Waals surface area contributed by atoms with Crippen LogP contribution in [0.2, 0.25) is 0 Å². The van der Waals surface area contributed by atoms with Crippen LogP contribution in [-0.4, -0.2) is 30.4 Å². The first-order chi connectivity index (χ1) is 8.85. The Hall–Kier alpha value is -0.570. The minimum absolute atomic E-state index is 0.0201. The van der Waals surface area contributed by atoms with Gasteiger partial charge >= 0.3 is 0 Å². The van der Waals surface area contributed by atoms with Gasteiger partial charge in [0.15, 0.2) is 0 Å². The molecule has 1 amide bonds. The zero-order valence-electron chi connectivity index (χ0n) is 13.2. The lowest BCUT2D eigenvalue weighted by Gasteiger charge is -2.32. The van der Waals surface area contributed by atoms with Gasteiger partial charge in [-0.3, -0.25) is 4.79 Å². The van der Waals surface area contributed by atoms with Gasteiger partial charge in [-0.05, 0) is 24.7 Å². The maximum absolute atomic E-state index is 12.6. The molecule has 0 aromatic carbocycles. The topological polar surface area (TPSA) is 46.3 Å². The number of hydrogen-bond acceptors (Lipinski definition) is 2. The second kappa shape index (κ2) is 7.28. The summed E-state index contributed by atoms with van der Waals surface area (Å²) in [4.78, 5) is 14.6. The molecule has 1 rings (SSSR count). The summed E-state index contributed by atoms with van der Waals surface area (Å²) in [5.74, 6) is 0.234. The van der Waals surface area contributed by atoms with Gasteiger partial charge in [-0.15, -0.1) is 0 Å². The molecule has 0 heterocycles. The molecule has 1 aliphatic carbocycles. The molecule has 1 saturated carbocycles. The Labute approximate surface area is 118 Å². The molecule has 3 nitrogen and oxygen atoms in total. The Morgan fingerprint density at radius 3 is 2.16 bits per heavy atom.